The van der Waals surface area contributed by atoms with Gasteiger partial charge >= 0.3 is 12.3 Å². The zero-order valence-electron chi connectivity index (χ0n) is 18.1. The van der Waals surface area contributed by atoms with E-state index in [0.29, 0.717) is 38.4 Å². The maximum atomic E-state index is 13.0. The molecule has 2 aromatic carbocycles. The van der Waals surface area contributed by atoms with Crippen LogP contribution in [0, 0.1) is 5.92 Å². The number of carbonyl (C=O) groups is 1. The highest BCUT2D eigenvalue weighted by molar-refractivity contribution is 6.34. The number of fused-ring (bicyclic) bond motifs is 1. The first kappa shape index (κ1) is 24.3. The minimum atomic E-state index is -4.18. The third-order valence-corrected chi connectivity index (χ3v) is 6.60. The molecule has 3 N–H and O–H groups in total. The van der Waals surface area contributed by atoms with Gasteiger partial charge in [0, 0.05) is 26.7 Å². The molecule has 0 aliphatic carbocycles. The Morgan fingerprint density at radius 3 is 2.53 bits per heavy atom. The van der Waals surface area contributed by atoms with E-state index in [1.54, 1.807) is 35.9 Å². The molecule has 1 aliphatic rings. The van der Waals surface area contributed by atoms with Crippen molar-refractivity contribution < 1.29 is 23.1 Å². The van der Waals surface area contributed by atoms with E-state index in [9.17, 15) is 18.0 Å². The lowest BCUT2D eigenvalue weighted by atomic mass is 9.96. The number of hydrogen-bond acceptors (Lipinski definition) is 4. The summed E-state index contributed by atoms with van der Waals surface area (Å²) >= 11 is 12.8. The van der Waals surface area contributed by atoms with Crippen molar-refractivity contribution in [2.24, 2.45) is 13.0 Å². The second-order valence-electron chi connectivity index (χ2n) is 8.19. The molecule has 4 rings (SSSR count). The summed E-state index contributed by atoms with van der Waals surface area (Å²) in [6, 6.07) is 8.62. The van der Waals surface area contributed by atoms with E-state index in [1.165, 1.54) is 0 Å². The second-order valence-corrected chi connectivity index (χ2v) is 9.00. The van der Waals surface area contributed by atoms with Crippen LogP contribution in [-0.2, 0) is 13.6 Å². The minimum Gasteiger partial charge on any atom is -0.465 e. The van der Waals surface area contributed by atoms with E-state index >= 15 is 0 Å². The van der Waals surface area contributed by atoms with Crippen LogP contribution in [-0.4, -0.2) is 40.0 Å². The number of rotatable bonds is 5. The van der Waals surface area contributed by atoms with Crippen LogP contribution in [0.5, 0.6) is 0 Å². The summed E-state index contributed by atoms with van der Waals surface area (Å²) in [7, 11) is 1.80. The Bertz CT molecular complexity index is 1220. The summed E-state index contributed by atoms with van der Waals surface area (Å²) < 4.78 is 40.9. The van der Waals surface area contributed by atoms with E-state index in [4.69, 9.17) is 28.3 Å². The monoisotopic (exact) mass is 515 g/mol. The number of piperidine rings is 1. The van der Waals surface area contributed by atoms with Gasteiger partial charge in [-0.3, -0.25) is 0 Å². The van der Waals surface area contributed by atoms with Gasteiger partial charge in [-0.1, -0.05) is 29.3 Å². The van der Waals surface area contributed by atoms with Crippen LogP contribution < -0.4 is 15.5 Å². The molecule has 1 saturated heterocycles. The first-order chi connectivity index (χ1) is 16.0. The maximum Gasteiger partial charge on any atom is 0.404 e. The van der Waals surface area contributed by atoms with Gasteiger partial charge in [-0.15, -0.1) is 0 Å². The Kier molecular flexibility index (Phi) is 6.73. The number of nitrogens with one attached hydrogen (secondary N) is 2. The van der Waals surface area contributed by atoms with Gasteiger partial charge in [0.25, 0.3) is 0 Å². The largest absolute Gasteiger partial charge is 0.465 e. The second kappa shape index (κ2) is 9.42. The SMILES string of the molecule is Cn1c(Nc2cc(CNC(=O)O)ccc2Cl)nc2cc(Cl)c(N3CCC(C(F)(F)F)CC3)cc21. The molecular formula is C22H22Cl2F3N5O2. The summed E-state index contributed by atoms with van der Waals surface area (Å²) in [5.74, 6) is -0.811. The van der Waals surface area contributed by atoms with Crippen LogP contribution >= 0.6 is 23.2 Å². The zero-order valence-corrected chi connectivity index (χ0v) is 19.6. The molecule has 1 fully saturated rings. The van der Waals surface area contributed by atoms with E-state index in [0.717, 1.165) is 5.52 Å². The molecule has 0 atom stereocenters. The lowest BCUT2D eigenvalue weighted by Crippen LogP contribution is -2.39. The van der Waals surface area contributed by atoms with E-state index in [2.05, 4.69) is 15.6 Å². The topological polar surface area (TPSA) is 82.4 Å². The van der Waals surface area contributed by atoms with Gasteiger partial charge in [-0.05, 0) is 42.7 Å². The lowest BCUT2D eigenvalue weighted by Gasteiger charge is -2.34. The van der Waals surface area contributed by atoms with Gasteiger partial charge in [-0.2, -0.15) is 13.2 Å². The molecule has 0 saturated carbocycles. The van der Waals surface area contributed by atoms with Crippen molar-refractivity contribution in [3.63, 3.8) is 0 Å². The van der Waals surface area contributed by atoms with Crippen LogP contribution in [0.2, 0.25) is 10.0 Å². The molecule has 182 valence electrons. The van der Waals surface area contributed by atoms with E-state index in [-0.39, 0.29) is 32.5 Å². The Labute approximate surface area is 203 Å². The molecule has 3 aromatic rings. The highest BCUT2D eigenvalue weighted by atomic mass is 35.5. The minimum absolute atomic E-state index is 0.0294. The van der Waals surface area contributed by atoms with Crippen LogP contribution in [0.4, 0.5) is 35.3 Å². The van der Waals surface area contributed by atoms with Crippen molar-refractivity contribution in [1.29, 1.82) is 0 Å². The van der Waals surface area contributed by atoms with Crippen molar-refractivity contribution in [3.8, 4) is 0 Å². The number of aryl methyl sites for hydroxylation is 1. The van der Waals surface area contributed by atoms with Gasteiger partial charge in [-0.25, -0.2) is 9.78 Å². The number of anilines is 3. The number of halogens is 5. The Morgan fingerprint density at radius 1 is 1.18 bits per heavy atom. The highest BCUT2D eigenvalue weighted by Crippen LogP contribution is 2.39. The van der Waals surface area contributed by atoms with Crippen molar-refractivity contribution in [2.45, 2.75) is 25.6 Å². The molecule has 0 spiro atoms. The molecule has 34 heavy (non-hydrogen) atoms. The summed E-state index contributed by atoms with van der Waals surface area (Å²) in [6.45, 7) is 0.657. The fourth-order valence-corrected chi connectivity index (χ4v) is 4.52. The molecular weight excluding hydrogens is 494 g/mol. The van der Waals surface area contributed by atoms with Crippen LogP contribution in [0.3, 0.4) is 0 Å². The number of benzene rings is 2. The summed E-state index contributed by atoms with van der Waals surface area (Å²) in [6.07, 6.45) is -5.25. The van der Waals surface area contributed by atoms with Gasteiger partial charge in [0.15, 0.2) is 0 Å². The fourth-order valence-electron chi connectivity index (χ4n) is 4.08. The number of aromatic nitrogens is 2. The Hall–Kier alpha value is -2.85. The maximum absolute atomic E-state index is 13.0. The smallest absolute Gasteiger partial charge is 0.404 e. The average molecular weight is 516 g/mol. The summed E-state index contributed by atoms with van der Waals surface area (Å²) in [4.78, 5) is 17.2. The van der Waals surface area contributed by atoms with Crippen molar-refractivity contribution >= 4 is 57.7 Å². The average Bonchev–Trinajstić information content (AvgIpc) is 3.07. The zero-order chi connectivity index (χ0) is 24.6. The van der Waals surface area contributed by atoms with Crippen molar-refractivity contribution in [1.82, 2.24) is 14.9 Å². The van der Waals surface area contributed by atoms with Crippen LogP contribution in [0.15, 0.2) is 30.3 Å². The normalized spacial score (nSPS) is 15.1. The first-order valence-electron chi connectivity index (χ1n) is 10.5. The Morgan fingerprint density at radius 2 is 1.88 bits per heavy atom. The molecule has 1 aliphatic heterocycles. The number of nitrogens with zero attached hydrogens (tertiary/aromatic N) is 3. The number of carboxylic acid groups (broad SMARTS) is 1. The molecule has 0 radical (unpaired) electrons. The standard InChI is InChI=1S/C22H22Cl2F3N5O2/c1-31-19-10-18(32-6-4-13(5-7-32)22(25,26)27)15(24)9-17(19)30-20(31)29-16-8-12(2-3-14(16)23)11-28-21(33)34/h2-3,8-10,13,28H,4-7,11H2,1H3,(H,29,30)(H,33,34). The van der Waals surface area contributed by atoms with Gasteiger partial charge in [0.1, 0.15) is 0 Å². The number of imidazole rings is 1. The van der Waals surface area contributed by atoms with Gasteiger partial charge < -0.3 is 25.2 Å². The molecule has 0 unspecified atom stereocenters. The molecule has 1 aromatic heterocycles. The third-order valence-electron chi connectivity index (χ3n) is 5.97. The molecule has 12 heteroatoms. The predicted octanol–water partition coefficient (Wildman–Crippen LogP) is 6.17. The number of hydrogen-bond donors (Lipinski definition) is 3. The molecule has 7 nitrogen and oxygen atoms in total. The predicted molar refractivity (Wildman–Crippen MR) is 126 cm³/mol. The summed E-state index contributed by atoms with van der Waals surface area (Å²) in [5.41, 5.74) is 3.29. The first-order valence-corrected chi connectivity index (χ1v) is 11.3. The lowest BCUT2D eigenvalue weighted by molar-refractivity contribution is -0.179. The van der Waals surface area contributed by atoms with E-state index < -0.39 is 18.2 Å². The molecule has 1 amide bonds. The highest BCUT2D eigenvalue weighted by Gasteiger charge is 2.41. The van der Waals surface area contributed by atoms with Crippen LogP contribution in [0.25, 0.3) is 11.0 Å². The van der Waals surface area contributed by atoms with Gasteiger partial charge in [0.2, 0.25) is 5.95 Å². The quantitative estimate of drug-likeness (QED) is 0.378. The van der Waals surface area contributed by atoms with Crippen LogP contribution in [0.1, 0.15) is 18.4 Å². The fraction of sp³-hybridized carbons (Fsp3) is 0.364. The van der Waals surface area contributed by atoms with Crippen molar-refractivity contribution in [3.05, 3.63) is 45.9 Å². The summed E-state index contributed by atoms with van der Waals surface area (Å²) in [5, 5.41) is 15.1. The number of alkyl halides is 3. The third kappa shape index (κ3) is 5.12. The van der Waals surface area contributed by atoms with Gasteiger partial charge in [0.05, 0.1) is 38.4 Å². The molecule has 0 bridgehead atoms. The van der Waals surface area contributed by atoms with E-state index in [1.807, 2.05) is 11.0 Å². The van der Waals surface area contributed by atoms with Crippen molar-refractivity contribution in [2.75, 3.05) is 23.3 Å². The number of amides is 1. The Balaban J connectivity index is 1.58. The molecule has 2 heterocycles.